The lowest BCUT2D eigenvalue weighted by Gasteiger charge is -2.12. The number of aromatic hydroxyl groups is 1. The Morgan fingerprint density at radius 2 is 1.44 bits per heavy atom. The smallest absolute Gasteiger partial charge is 0.261 e. The van der Waals surface area contributed by atoms with E-state index in [0.717, 1.165) is 10.8 Å². The first-order valence-electron chi connectivity index (χ1n) is 7.77. The molecule has 4 nitrogen and oxygen atoms in total. The third kappa shape index (κ3) is 2.79. The number of anilines is 1. The van der Waals surface area contributed by atoms with Crippen molar-refractivity contribution in [1.29, 1.82) is 0 Å². The van der Waals surface area contributed by atoms with E-state index in [0.29, 0.717) is 16.5 Å². The molecule has 4 aromatic rings. The average Bonchev–Trinajstić information content (AvgIpc) is 2.62. The molecule has 0 fully saturated rings. The van der Waals surface area contributed by atoms with Gasteiger partial charge in [0.15, 0.2) is 0 Å². The highest BCUT2D eigenvalue weighted by Gasteiger charge is 2.16. The van der Waals surface area contributed by atoms with Crippen molar-refractivity contribution in [3.8, 4) is 5.75 Å². The Bertz CT molecular complexity index is 1200. The van der Waals surface area contributed by atoms with Crippen LogP contribution in [0.5, 0.6) is 5.75 Å². The van der Waals surface area contributed by atoms with Gasteiger partial charge in [0.25, 0.3) is 10.0 Å². The third-order valence-corrected chi connectivity index (χ3v) is 5.54. The lowest BCUT2D eigenvalue weighted by atomic mass is 10.1. The molecule has 0 atom stereocenters. The number of sulfonamides is 1. The van der Waals surface area contributed by atoms with Crippen LogP contribution in [0.1, 0.15) is 0 Å². The minimum absolute atomic E-state index is 0.115. The van der Waals surface area contributed by atoms with Gasteiger partial charge in [-0.2, -0.15) is 0 Å². The average molecular weight is 349 g/mol. The van der Waals surface area contributed by atoms with E-state index in [2.05, 4.69) is 4.72 Å². The van der Waals surface area contributed by atoms with Crippen molar-refractivity contribution in [3.63, 3.8) is 0 Å². The van der Waals surface area contributed by atoms with Crippen molar-refractivity contribution in [1.82, 2.24) is 0 Å². The van der Waals surface area contributed by atoms with Crippen LogP contribution in [0, 0.1) is 0 Å². The molecule has 4 aromatic carbocycles. The molecule has 25 heavy (non-hydrogen) atoms. The number of benzene rings is 4. The first-order valence-corrected chi connectivity index (χ1v) is 9.25. The molecule has 0 heterocycles. The molecule has 0 aliphatic heterocycles. The van der Waals surface area contributed by atoms with Gasteiger partial charge in [-0.3, -0.25) is 4.72 Å². The number of fused-ring (bicyclic) bond motifs is 2. The van der Waals surface area contributed by atoms with Crippen molar-refractivity contribution in [3.05, 3.63) is 78.9 Å². The molecule has 0 bridgehead atoms. The summed E-state index contributed by atoms with van der Waals surface area (Å²) in [6.07, 6.45) is 0. The molecule has 124 valence electrons. The summed E-state index contributed by atoms with van der Waals surface area (Å²) < 4.78 is 28.2. The normalized spacial score (nSPS) is 11.7. The van der Waals surface area contributed by atoms with Crippen LogP contribution in [0.25, 0.3) is 21.5 Å². The molecule has 0 aliphatic carbocycles. The van der Waals surface area contributed by atoms with Crippen molar-refractivity contribution in [2.75, 3.05) is 4.72 Å². The van der Waals surface area contributed by atoms with Gasteiger partial charge in [-0.15, -0.1) is 0 Å². The molecule has 0 radical (unpaired) electrons. The number of phenolic OH excluding ortho intramolecular Hbond substituents is 1. The highest BCUT2D eigenvalue weighted by atomic mass is 32.2. The van der Waals surface area contributed by atoms with Gasteiger partial charge >= 0.3 is 0 Å². The molecule has 0 unspecified atom stereocenters. The fraction of sp³-hybridized carbons (Fsp3) is 0. The fourth-order valence-electron chi connectivity index (χ4n) is 2.92. The zero-order chi connectivity index (χ0) is 17.4. The summed E-state index contributed by atoms with van der Waals surface area (Å²) in [5, 5.41) is 13.0. The summed E-state index contributed by atoms with van der Waals surface area (Å²) in [4.78, 5) is 0.198. The minimum Gasteiger partial charge on any atom is -0.507 e. The number of hydrogen-bond donors (Lipinski definition) is 2. The van der Waals surface area contributed by atoms with Gasteiger partial charge in [0.2, 0.25) is 0 Å². The Labute approximate surface area is 145 Å². The van der Waals surface area contributed by atoms with Crippen LogP contribution in [0.2, 0.25) is 0 Å². The monoisotopic (exact) mass is 349 g/mol. The highest BCUT2D eigenvalue weighted by molar-refractivity contribution is 7.92. The van der Waals surface area contributed by atoms with Crippen LogP contribution in [-0.2, 0) is 10.0 Å². The second-order valence-corrected chi connectivity index (χ2v) is 7.47. The fourth-order valence-corrected chi connectivity index (χ4v) is 4.04. The van der Waals surface area contributed by atoms with E-state index in [1.807, 2.05) is 24.3 Å². The number of hydrogen-bond acceptors (Lipinski definition) is 3. The van der Waals surface area contributed by atoms with Crippen LogP contribution >= 0.6 is 0 Å². The maximum Gasteiger partial charge on any atom is 0.261 e. The number of nitrogens with one attached hydrogen (secondary N) is 1. The van der Waals surface area contributed by atoms with Gasteiger partial charge in [-0.1, -0.05) is 54.6 Å². The number of phenols is 1. The van der Waals surface area contributed by atoms with Crippen molar-refractivity contribution in [2.45, 2.75) is 4.90 Å². The molecule has 0 aromatic heterocycles. The van der Waals surface area contributed by atoms with Gasteiger partial charge in [0.1, 0.15) is 5.75 Å². The van der Waals surface area contributed by atoms with E-state index in [-0.39, 0.29) is 10.6 Å². The van der Waals surface area contributed by atoms with Gasteiger partial charge in [0.05, 0.1) is 10.6 Å². The van der Waals surface area contributed by atoms with E-state index in [9.17, 15) is 13.5 Å². The van der Waals surface area contributed by atoms with E-state index in [1.54, 1.807) is 54.6 Å². The topological polar surface area (TPSA) is 66.4 Å². The SMILES string of the molecule is O=S(=O)(Nc1cccc2c(O)cccc12)c1ccc2ccccc2c1. The van der Waals surface area contributed by atoms with E-state index in [4.69, 9.17) is 0 Å². The molecule has 4 rings (SSSR count). The lowest BCUT2D eigenvalue weighted by Crippen LogP contribution is -2.13. The predicted molar refractivity (Wildman–Crippen MR) is 100 cm³/mol. The molecule has 0 amide bonds. The van der Waals surface area contributed by atoms with E-state index in [1.165, 1.54) is 0 Å². The van der Waals surface area contributed by atoms with E-state index < -0.39 is 10.0 Å². The Balaban J connectivity index is 1.80. The summed E-state index contributed by atoms with van der Waals surface area (Å²) in [7, 11) is -3.74. The Morgan fingerprint density at radius 1 is 0.720 bits per heavy atom. The maximum atomic E-state index is 12.8. The Hall–Kier alpha value is -3.05. The van der Waals surface area contributed by atoms with Crippen molar-refractivity contribution < 1.29 is 13.5 Å². The molecule has 0 aliphatic rings. The van der Waals surface area contributed by atoms with Gasteiger partial charge in [0, 0.05) is 10.8 Å². The maximum absolute atomic E-state index is 12.8. The molecule has 0 saturated heterocycles. The predicted octanol–water partition coefficient (Wildman–Crippen LogP) is 4.50. The molecular weight excluding hydrogens is 334 g/mol. The zero-order valence-electron chi connectivity index (χ0n) is 13.2. The minimum atomic E-state index is -3.74. The summed E-state index contributed by atoms with van der Waals surface area (Å²) >= 11 is 0. The summed E-state index contributed by atoms with van der Waals surface area (Å²) in [5.41, 5.74) is 0.432. The van der Waals surface area contributed by atoms with Crippen LogP contribution < -0.4 is 4.72 Å². The van der Waals surface area contributed by atoms with Crippen LogP contribution in [0.4, 0.5) is 5.69 Å². The quantitative estimate of drug-likeness (QED) is 0.572. The first-order chi connectivity index (χ1) is 12.0. The van der Waals surface area contributed by atoms with Crippen LogP contribution in [-0.4, -0.2) is 13.5 Å². The Kier molecular flexibility index (Phi) is 3.58. The van der Waals surface area contributed by atoms with Crippen LogP contribution in [0.15, 0.2) is 83.8 Å². The first kappa shape index (κ1) is 15.5. The lowest BCUT2D eigenvalue weighted by molar-refractivity contribution is 0.481. The number of rotatable bonds is 3. The molecule has 5 heteroatoms. The van der Waals surface area contributed by atoms with Gasteiger partial charge in [-0.05, 0) is 35.0 Å². The zero-order valence-corrected chi connectivity index (χ0v) is 14.0. The van der Waals surface area contributed by atoms with E-state index >= 15 is 0 Å². The third-order valence-electron chi connectivity index (χ3n) is 4.17. The summed E-state index contributed by atoms with van der Waals surface area (Å²) in [5.74, 6) is 0.115. The highest BCUT2D eigenvalue weighted by Crippen LogP contribution is 2.31. The molecular formula is C20H15NO3S. The molecule has 2 N–H and O–H groups in total. The summed E-state index contributed by atoms with van der Waals surface area (Å²) in [6.45, 7) is 0. The second-order valence-electron chi connectivity index (χ2n) is 5.79. The Morgan fingerprint density at radius 3 is 2.28 bits per heavy atom. The second kappa shape index (κ2) is 5.79. The molecule has 0 saturated carbocycles. The largest absolute Gasteiger partial charge is 0.507 e. The standard InChI is InChI=1S/C20H15NO3S/c22-20-10-4-7-17-18(20)8-3-9-19(17)21-25(23,24)16-12-11-14-5-1-2-6-15(14)13-16/h1-13,21-22H. The molecule has 0 spiro atoms. The van der Waals surface area contributed by atoms with Crippen molar-refractivity contribution in [2.24, 2.45) is 0 Å². The van der Waals surface area contributed by atoms with Crippen LogP contribution in [0.3, 0.4) is 0 Å². The van der Waals surface area contributed by atoms with Gasteiger partial charge in [-0.25, -0.2) is 8.42 Å². The van der Waals surface area contributed by atoms with Crippen molar-refractivity contribution >= 4 is 37.3 Å². The summed E-state index contributed by atoms with van der Waals surface area (Å²) in [6, 6.07) is 22.8. The van der Waals surface area contributed by atoms with Gasteiger partial charge < -0.3 is 5.11 Å².